The maximum absolute atomic E-state index is 15.7. The second-order valence-corrected chi connectivity index (χ2v) is 36.5. The lowest BCUT2D eigenvalue weighted by Crippen LogP contribution is -2.68. The van der Waals surface area contributed by atoms with Crippen LogP contribution in [-0.4, -0.2) is 101 Å². The summed E-state index contributed by atoms with van der Waals surface area (Å²) in [6, 6.07) is 40.2. The van der Waals surface area contributed by atoms with E-state index in [1.807, 2.05) is 20.8 Å². The summed E-state index contributed by atoms with van der Waals surface area (Å²) in [6.07, 6.45) is -5.51. The molecule has 0 fully saturated rings. The third-order valence-corrected chi connectivity index (χ3v) is 28.1. The number of fused-ring (bicyclic) bond motifs is 1. The number of carbonyl (C=O) groups is 1. The molecule has 0 aliphatic carbocycles. The van der Waals surface area contributed by atoms with Gasteiger partial charge in [0.25, 0.3) is 28.4 Å². The van der Waals surface area contributed by atoms with Crippen LogP contribution in [0.15, 0.2) is 243 Å². The van der Waals surface area contributed by atoms with Crippen molar-refractivity contribution in [2.24, 2.45) is 0 Å². The van der Waals surface area contributed by atoms with Crippen molar-refractivity contribution in [2.75, 3.05) is 14.2 Å². The highest BCUT2D eigenvalue weighted by molar-refractivity contribution is 7.88. The first kappa shape index (κ1) is 79.9. The van der Waals surface area contributed by atoms with E-state index in [0.717, 1.165) is 154 Å². The fraction of sp³-hybridized carbons (Fsp3) is 0.129. The molecule has 0 saturated carbocycles. The van der Waals surface area contributed by atoms with Crippen molar-refractivity contribution in [3.8, 4) is 51.7 Å². The van der Waals surface area contributed by atoms with Crippen LogP contribution in [-0.2, 0) is 61.7 Å². The molecule has 0 bridgehead atoms. The molecule has 580 valence electrons. The van der Waals surface area contributed by atoms with Crippen molar-refractivity contribution in [3.63, 3.8) is 0 Å². The van der Waals surface area contributed by atoms with Gasteiger partial charge in [-0.2, -0.15) is 42.1 Å². The minimum Gasteiger partial charge on any atom is -0.531 e. The molecule has 0 saturated heterocycles. The van der Waals surface area contributed by atoms with Crippen LogP contribution < -0.4 is 49.9 Å². The predicted octanol–water partition coefficient (Wildman–Crippen LogP) is 10.9. The maximum Gasteiger partial charge on any atom is 0.346 e. The first-order chi connectivity index (χ1) is 52.8. The van der Waals surface area contributed by atoms with Gasteiger partial charge in [-0.3, -0.25) is 50.6 Å². The van der Waals surface area contributed by atoms with Gasteiger partial charge in [0.1, 0.15) is 17.6 Å². The van der Waals surface area contributed by atoms with E-state index in [-0.39, 0.29) is 0 Å². The Labute approximate surface area is 636 Å². The topological polar surface area (TPSA) is 496 Å². The molecule has 0 radical (unpaired) electrons. The van der Waals surface area contributed by atoms with Crippen LogP contribution in [0.1, 0.15) is 48.4 Å². The van der Waals surface area contributed by atoms with Crippen molar-refractivity contribution < 1.29 is 116 Å². The van der Waals surface area contributed by atoms with E-state index < -0.39 is 235 Å². The molecule has 0 unspecified atom stereocenters. The number of nitro groups is 5. The number of para-hydroxylation sites is 5. The minimum atomic E-state index is -5.60. The SMILES string of the molecule is COc1c(O[Si](c2ccccc2)(c2ccccc2)C(C)(C)C)cc([C@H]2Oc3cc(OS(=O)(=O)c4ccccc4[N+](=O)[O-])cc(OS(=O)(=O)c4ccccc4[N+](=O)[O-])c3C[C@H]2OC(=O)c2cc(OS(=O)(=O)c3ccccc3[N+](=O)[O-])c(OC)c(OS(=O)(=O)c3ccccc3[N+](=O)[O-])c2)cc1OS(=O)(=O)c1ccccc1[N+](=O)[O-]. The molecule has 2 atom stereocenters. The van der Waals surface area contributed by atoms with Gasteiger partial charge in [-0.15, -0.1) is 0 Å². The Kier molecular flexibility index (Phi) is 22.2. The monoisotopic (exact) mass is 1650 g/mol. The van der Waals surface area contributed by atoms with Crippen LogP contribution in [0, 0.1) is 50.6 Å². The zero-order chi connectivity index (χ0) is 81.2. The second-order valence-electron chi connectivity index (χ2n) is 24.7. The van der Waals surface area contributed by atoms with Crippen LogP contribution in [0.4, 0.5) is 28.4 Å². The van der Waals surface area contributed by atoms with Crippen molar-refractivity contribution in [1.29, 1.82) is 0 Å². The molecule has 1 aliphatic heterocycles. The molecule has 36 nitrogen and oxygen atoms in total. The summed E-state index contributed by atoms with van der Waals surface area (Å²) < 4.78 is 205. The highest BCUT2D eigenvalue weighted by atomic mass is 32.2. The lowest BCUT2D eigenvalue weighted by molar-refractivity contribution is -0.388. The van der Waals surface area contributed by atoms with E-state index in [4.69, 9.17) is 44.3 Å². The van der Waals surface area contributed by atoms with Crippen LogP contribution in [0.5, 0.6) is 51.7 Å². The molecule has 112 heavy (non-hydrogen) atoms. The molecule has 0 aromatic heterocycles. The van der Waals surface area contributed by atoms with Crippen LogP contribution >= 0.6 is 0 Å². The lowest BCUT2D eigenvalue weighted by atomic mass is 9.93. The van der Waals surface area contributed by atoms with Crippen LogP contribution in [0.3, 0.4) is 0 Å². The number of ether oxygens (including phenoxy) is 4. The lowest BCUT2D eigenvalue weighted by Gasteiger charge is -2.43. The Morgan fingerprint density at radius 2 is 0.723 bits per heavy atom. The highest BCUT2D eigenvalue weighted by Crippen LogP contribution is 2.52. The van der Waals surface area contributed by atoms with E-state index in [1.54, 1.807) is 60.7 Å². The van der Waals surface area contributed by atoms with Gasteiger partial charge >= 0.3 is 64.9 Å². The van der Waals surface area contributed by atoms with Gasteiger partial charge < -0.3 is 44.3 Å². The van der Waals surface area contributed by atoms with Crippen LogP contribution in [0.2, 0.25) is 5.04 Å². The number of nitrogens with zero attached hydrogens (tertiary/aromatic N) is 5. The number of hydrogen-bond donors (Lipinski definition) is 0. The van der Waals surface area contributed by atoms with Gasteiger partial charge in [-0.1, -0.05) is 142 Å². The molecule has 42 heteroatoms. The fourth-order valence-corrected chi connectivity index (χ4v) is 21.9. The summed E-state index contributed by atoms with van der Waals surface area (Å²) in [5.41, 5.74) is -7.44. The molecule has 1 aliphatic rings. The maximum atomic E-state index is 15.7. The van der Waals surface area contributed by atoms with Gasteiger partial charge in [0.15, 0.2) is 59.3 Å². The Morgan fingerprint density at radius 1 is 0.411 bits per heavy atom. The molecule has 0 N–H and O–H groups in total. The van der Waals surface area contributed by atoms with Gasteiger partial charge in [-0.05, 0) is 57.9 Å². The molecule has 1 heterocycles. The number of esters is 1. The first-order valence-electron chi connectivity index (χ1n) is 32.0. The molecular formula is C70H55N5O31S5Si. The molecule has 11 rings (SSSR count). The molecule has 10 aromatic carbocycles. The van der Waals surface area contributed by atoms with Gasteiger partial charge in [0, 0.05) is 72.1 Å². The minimum absolute atomic E-state index is 0.452. The summed E-state index contributed by atoms with van der Waals surface area (Å²) in [4.78, 5) is 66.6. The number of hydrogen-bond acceptors (Lipinski definition) is 31. The molecule has 10 aromatic rings. The quantitative estimate of drug-likeness (QED) is 0.0138. The molecule has 0 amide bonds. The standard InChI is InChI=1S/C70H55N5O31S5Si/c1-70(2,3)112(46-22-8-6-9-23-46,47-24-10-7-11-25-47)106-60-37-43(36-57(68(60)98-5)103-109(91,92)63-33-19-14-28-51(63)73(81)82)66-56(42-48-54(99-66)40-45(101-107(87,88)61-31-17-12-26-49(61)71(77)78)41-55(48)102-108(89,90)62-32-18-13-27-50(62)72(79)80)100-69(76)44-38-58(104-110(93,94)64-34-20-15-29-52(64)74(83)84)67(97-4)59(39-44)105-111(95,96)65-35-21-16-30-53(65)75(85)86/h6-41,56,66H,42H2,1-5H3/t56-,66-/m1/s1. The van der Waals surface area contributed by atoms with E-state index in [0.29, 0.717) is 28.6 Å². The smallest absolute Gasteiger partial charge is 0.346 e. The Bertz CT molecular complexity index is 5950. The van der Waals surface area contributed by atoms with Crippen LogP contribution in [0.25, 0.3) is 0 Å². The molecular weight excluding hydrogens is 1600 g/mol. The van der Waals surface area contributed by atoms with Crippen molar-refractivity contribution >= 4 is 104 Å². The third kappa shape index (κ3) is 16.1. The van der Waals surface area contributed by atoms with Gasteiger partial charge in [0.05, 0.1) is 44.4 Å². The van der Waals surface area contributed by atoms with Crippen molar-refractivity contribution in [2.45, 2.75) is 68.9 Å². The Hall–Kier alpha value is -13.2. The summed E-state index contributed by atoms with van der Waals surface area (Å²) in [5.74, 6) is -10.0. The highest BCUT2D eigenvalue weighted by Gasteiger charge is 2.53. The normalized spacial score (nSPS) is 13.8. The average Bonchev–Trinajstić information content (AvgIpc) is 0.735. The predicted molar refractivity (Wildman–Crippen MR) is 392 cm³/mol. The Balaban J connectivity index is 1.20. The van der Waals surface area contributed by atoms with E-state index >= 15 is 4.79 Å². The van der Waals surface area contributed by atoms with E-state index in [9.17, 15) is 92.7 Å². The number of rotatable bonds is 29. The zero-order valence-corrected chi connectivity index (χ0v) is 63.2. The van der Waals surface area contributed by atoms with Gasteiger partial charge in [0.2, 0.25) is 11.5 Å². The van der Waals surface area contributed by atoms with Crippen molar-refractivity contribution in [3.05, 3.63) is 286 Å². The van der Waals surface area contributed by atoms with Crippen molar-refractivity contribution in [1.82, 2.24) is 0 Å². The number of nitro benzene ring substituents is 5. The largest absolute Gasteiger partial charge is 0.531 e. The van der Waals surface area contributed by atoms with E-state index in [2.05, 4.69) is 0 Å². The summed E-state index contributed by atoms with van der Waals surface area (Å²) >= 11 is 0. The van der Waals surface area contributed by atoms with Gasteiger partial charge in [-0.25, -0.2) is 4.79 Å². The van der Waals surface area contributed by atoms with E-state index in [1.165, 1.54) is 0 Å². The zero-order valence-electron chi connectivity index (χ0n) is 58.1. The fourth-order valence-electron chi connectivity index (χ4n) is 12.0. The average molecular weight is 1650 g/mol. The third-order valence-electron chi connectivity index (χ3n) is 16.8. The number of benzene rings is 10. The summed E-state index contributed by atoms with van der Waals surface area (Å²) in [7, 11) is -29.9. The first-order valence-corrected chi connectivity index (χ1v) is 41.0. The second kappa shape index (κ2) is 31.1. The number of carbonyl (C=O) groups excluding carboxylic acids is 1. The summed E-state index contributed by atoms with van der Waals surface area (Å²) in [5, 5.41) is 61.9. The molecule has 0 spiro atoms. The Morgan fingerprint density at radius 3 is 1.07 bits per heavy atom. The summed E-state index contributed by atoms with van der Waals surface area (Å²) in [6.45, 7) is 5.47. The number of methoxy groups -OCH3 is 2.